The van der Waals surface area contributed by atoms with Crippen LogP contribution in [-0.4, -0.2) is 16.8 Å². The van der Waals surface area contributed by atoms with E-state index < -0.39 is 0 Å². The molecule has 0 saturated heterocycles. The van der Waals surface area contributed by atoms with Gasteiger partial charge in [0.15, 0.2) is 0 Å². The van der Waals surface area contributed by atoms with Gasteiger partial charge >= 0.3 is 0 Å². The Morgan fingerprint density at radius 3 is 2.80 bits per heavy atom. The van der Waals surface area contributed by atoms with Crippen molar-refractivity contribution in [2.45, 2.75) is 25.8 Å². The third-order valence-electron chi connectivity index (χ3n) is 4.17. The van der Waals surface area contributed by atoms with E-state index in [4.69, 9.17) is 11.6 Å². The van der Waals surface area contributed by atoms with Crippen LogP contribution in [0.15, 0.2) is 41.0 Å². The van der Waals surface area contributed by atoms with Crippen molar-refractivity contribution in [1.82, 2.24) is 10.3 Å². The fourth-order valence-electron chi connectivity index (χ4n) is 2.53. The molecule has 0 unspecified atom stereocenters. The zero-order valence-electron chi connectivity index (χ0n) is 13.4. The lowest BCUT2D eigenvalue weighted by molar-refractivity contribution is -0.122. The molecule has 0 atom stereocenters. The van der Waals surface area contributed by atoms with Gasteiger partial charge in [0.25, 0.3) is 5.91 Å². The quantitative estimate of drug-likeness (QED) is 0.711. The molecule has 0 radical (unpaired) electrons. The highest BCUT2D eigenvalue weighted by molar-refractivity contribution is 9.10. The van der Waals surface area contributed by atoms with Gasteiger partial charge in [-0.05, 0) is 52.5 Å². The summed E-state index contributed by atoms with van der Waals surface area (Å²) in [5, 5.41) is 5.90. The second kappa shape index (κ2) is 7.97. The highest BCUT2D eigenvalue weighted by Gasteiger charge is 2.25. The molecule has 2 aromatic rings. The summed E-state index contributed by atoms with van der Waals surface area (Å²) in [6.07, 6.45) is 4.58. The summed E-state index contributed by atoms with van der Waals surface area (Å²) in [7, 11) is 0. The Kier molecular flexibility index (Phi) is 5.71. The molecule has 1 aromatic carbocycles. The number of nitrogens with zero attached hydrogens (tertiary/aromatic N) is 1. The molecule has 1 aromatic heterocycles. The molecule has 3 rings (SSSR count). The lowest BCUT2D eigenvalue weighted by atomic mass is 9.85. The van der Waals surface area contributed by atoms with E-state index in [1.807, 2.05) is 24.3 Å². The van der Waals surface area contributed by atoms with Crippen LogP contribution < -0.4 is 10.6 Å². The van der Waals surface area contributed by atoms with Gasteiger partial charge in [-0.25, -0.2) is 4.98 Å². The number of anilines is 1. The molecular weight excluding hydrogens is 406 g/mol. The average Bonchev–Trinajstić information content (AvgIpc) is 2.53. The first kappa shape index (κ1) is 17.9. The third kappa shape index (κ3) is 4.58. The van der Waals surface area contributed by atoms with E-state index in [0.717, 1.165) is 30.5 Å². The van der Waals surface area contributed by atoms with Gasteiger partial charge in [-0.3, -0.25) is 9.59 Å². The predicted molar refractivity (Wildman–Crippen MR) is 101 cm³/mol. The van der Waals surface area contributed by atoms with Crippen LogP contribution >= 0.6 is 27.5 Å². The van der Waals surface area contributed by atoms with Gasteiger partial charge < -0.3 is 10.6 Å². The molecular formula is C18H17BrClN3O2. The van der Waals surface area contributed by atoms with E-state index in [0.29, 0.717) is 16.6 Å². The van der Waals surface area contributed by atoms with Crippen LogP contribution in [0.25, 0.3) is 0 Å². The zero-order valence-corrected chi connectivity index (χ0v) is 15.7. The maximum Gasteiger partial charge on any atom is 0.254 e. The molecule has 1 fully saturated rings. The Morgan fingerprint density at radius 2 is 2.08 bits per heavy atom. The summed E-state index contributed by atoms with van der Waals surface area (Å²) in [5.74, 6) is -0.100. The Morgan fingerprint density at radius 1 is 1.28 bits per heavy atom. The molecule has 130 valence electrons. The van der Waals surface area contributed by atoms with Crippen molar-refractivity contribution >= 4 is 45.0 Å². The number of carbonyl (C=O) groups excluding carboxylic acids is 2. The second-order valence-electron chi connectivity index (χ2n) is 5.99. The summed E-state index contributed by atoms with van der Waals surface area (Å²) < 4.78 is 0.683. The topological polar surface area (TPSA) is 71.1 Å². The van der Waals surface area contributed by atoms with Crippen molar-refractivity contribution in [1.29, 1.82) is 0 Å². The highest BCUT2D eigenvalue weighted by atomic mass is 79.9. The van der Waals surface area contributed by atoms with E-state index in [1.54, 1.807) is 6.07 Å². The molecule has 25 heavy (non-hydrogen) atoms. The number of rotatable bonds is 5. The van der Waals surface area contributed by atoms with Gasteiger partial charge in [-0.2, -0.15) is 0 Å². The monoisotopic (exact) mass is 421 g/mol. The maximum absolute atomic E-state index is 12.3. The van der Waals surface area contributed by atoms with Crippen LogP contribution in [0.2, 0.25) is 5.15 Å². The lowest BCUT2D eigenvalue weighted by Gasteiger charge is -2.24. The predicted octanol–water partition coefficient (Wildman–Crippen LogP) is 4.17. The van der Waals surface area contributed by atoms with E-state index in [1.165, 1.54) is 6.20 Å². The van der Waals surface area contributed by atoms with Crippen LogP contribution in [0.3, 0.4) is 0 Å². The Bertz CT molecular complexity index is 809. The number of benzene rings is 1. The summed E-state index contributed by atoms with van der Waals surface area (Å²) >= 11 is 9.24. The minimum Gasteiger partial charge on any atom is -0.348 e. The number of amides is 2. The van der Waals surface area contributed by atoms with Gasteiger partial charge in [0.1, 0.15) is 5.15 Å². The van der Waals surface area contributed by atoms with Crippen LogP contribution in [0.4, 0.5) is 5.69 Å². The van der Waals surface area contributed by atoms with Crippen molar-refractivity contribution in [3.05, 3.63) is 57.3 Å². The standard InChI is InChI=1S/C18H17BrClN3O2/c19-13-8-15(16(20)21-10-13)18(25)22-9-11-3-1-6-14(7-11)23-17(24)12-4-2-5-12/h1,3,6-8,10,12H,2,4-5,9H2,(H,22,25)(H,23,24). The van der Waals surface area contributed by atoms with Crippen molar-refractivity contribution in [3.8, 4) is 0 Å². The summed E-state index contributed by atoms with van der Waals surface area (Å²) in [4.78, 5) is 28.2. The van der Waals surface area contributed by atoms with Crippen molar-refractivity contribution < 1.29 is 9.59 Å². The van der Waals surface area contributed by atoms with Crippen LogP contribution in [0, 0.1) is 5.92 Å². The van der Waals surface area contributed by atoms with E-state index >= 15 is 0 Å². The Labute approximate surface area is 159 Å². The number of aromatic nitrogens is 1. The number of nitrogens with one attached hydrogen (secondary N) is 2. The Hall–Kier alpha value is -1.92. The first-order chi connectivity index (χ1) is 12.0. The second-order valence-corrected chi connectivity index (χ2v) is 7.27. The van der Waals surface area contributed by atoms with Gasteiger partial charge in [0, 0.05) is 28.8 Å². The average molecular weight is 423 g/mol. The minimum absolute atomic E-state index is 0.0689. The van der Waals surface area contributed by atoms with E-state index in [-0.39, 0.29) is 22.9 Å². The summed E-state index contributed by atoms with van der Waals surface area (Å²) in [6.45, 7) is 0.328. The molecule has 1 aliphatic carbocycles. The first-order valence-corrected chi connectivity index (χ1v) is 9.19. The molecule has 0 bridgehead atoms. The minimum atomic E-state index is -0.303. The van der Waals surface area contributed by atoms with Crippen molar-refractivity contribution in [2.75, 3.05) is 5.32 Å². The number of halogens is 2. The van der Waals surface area contributed by atoms with Crippen LogP contribution in [0.1, 0.15) is 35.2 Å². The van der Waals surface area contributed by atoms with Gasteiger partial charge in [0.05, 0.1) is 5.56 Å². The Balaban J connectivity index is 1.61. The zero-order chi connectivity index (χ0) is 17.8. The molecule has 1 heterocycles. The molecule has 0 aliphatic heterocycles. The largest absolute Gasteiger partial charge is 0.348 e. The fraction of sp³-hybridized carbons (Fsp3) is 0.278. The van der Waals surface area contributed by atoms with Gasteiger partial charge in [-0.1, -0.05) is 30.2 Å². The van der Waals surface area contributed by atoms with Crippen LogP contribution in [0.5, 0.6) is 0 Å². The summed E-state index contributed by atoms with van der Waals surface area (Å²) in [5.41, 5.74) is 1.94. The summed E-state index contributed by atoms with van der Waals surface area (Å²) in [6, 6.07) is 9.07. The smallest absolute Gasteiger partial charge is 0.254 e. The molecule has 1 aliphatic rings. The van der Waals surface area contributed by atoms with Gasteiger partial charge in [0.2, 0.25) is 5.91 Å². The molecule has 0 spiro atoms. The van der Waals surface area contributed by atoms with Gasteiger partial charge in [-0.15, -0.1) is 0 Å². The molecule has 5 nitrogen and oxygen atoms in total. The first-order valence-electron chi connectivity index (χ1n) is 8.02. The van der Waals surface area contributed by atoms with E-state index in [9.17, 15) is 9.59 Å². The third-order valence-corrected chi connectivity index (χ3v) is 4.91. The number of pyridine rings is 1. The normalized spacial score (nSPS) is 13.8. The lowest BCUT2D eigenvalue weighted by Crippen LogP contribution is -2.28. The van der Waals surface area contributed by atoms with Crippen molar-refractivity contribution in [2.24, 2.45) is 5.92 Å². The molecule has 2 amide bonds. The SMILES string of the molecule is O=C(NCc1cccc(NC(=O)C2CCC2)c1)c1cc(Br)cnc1Cl. The number of hydrogen-bond acceptors (Lipinski definition) is 3. The number of carbonyl (C=O) groups is 2. The molecule has 2 N–H and O–H groups in total. The van der Waals surface area contributed by atoms with Crippen LogP contribution in [-0.2, 0) is 11.3 Å². The fourth-order valence-corrected chi connectivity index (χ4v) is 3.05. The molecule has 1 saturated carbocycles. The molecule has 7 heteroatoms. The number of hydrogen-bond donors (Lipinski definition) is 2. The van der Waals surface area contributed by atoms with Crippen molar-refractivity contribution in [3.63, 3.8) is 0 Å². The maximum atomic E-state index is 12.3. The van der Waals surface area contributed by atoms with E-state index in [2.05, 4.69) is 31.5 Å². The highest BCUT2D eigenvalue weighted by Crippen LogP contribution is 2.27.